The van der Waals surface area contributed by atoms with Crippen LogP contribution in [0.15, 0.2) is 24.3 Å². The fraction of sp³-hybridized carbons (Fsp3) is 0.231. The van der Waals surface area contributed by atoms with Gasteiger partial charge in [0.25, 0.3) is 0 Å². The van der Waals surface area contributed by atoms with Gasteiger partial charge < -0.3 is 15.2 Å². The maximum Gasteiger partial charge on any atom is 0.337 e. The molecular weight excluding hydrogens is 234 g/mol. The van der Waals surface area contributed by atoms with Crippen molar-refractivity contribution in [1.29, 1.82) is 0 Å². The maximum atomic E-state index is 11.3. The van der Waals surface area contributed by atoms with Gasteiger partial charge in [0.2, 0.25) is 5.91 Å². The molecule has 5 heteroatoms. The highest BCUT2D eigenvalue weighted by atomic mass is 16.5. The summed E-state index contributed by atoms with van der Waals surface area (Å²) in [5.41, 5.74) is 6.19. The van der Waals surface area contributed by atoms with Crippen molar-refractivity contribution in [2.45, 2.75) is 6.42 Å². The topological polar surface area (TPSA) is 78.6 Å². The quantitative estimate of drug-likeness (QED) is 0.799. The van der Waals surface area contributed by atoms with Gasteiger partial charge in [-0.05, 0) is 12.1 Å². The Morgan fingerprint density at radius 1 is 1.33 bits per heavy atom. The Hall–Kier alpha value is -2.30. The highest BCUT2D eigenvalue weighted by Gasteiger charge is 2.08. The van der Waals surface area contributed by atoms with E-state index in [2.05, 4.69) is 4.74 Å². The molecular formula is C13H15NO4. The van der Waals surface area contributed by atoms with Crippen LogP contribution in [0.25, 0.3) is 6.08 Å². The molecule has 18 heavy (non-hydrogen) atoms. The summed E-state index contributed by atoms with van der Waals surface area (Å²) >= 11 is 0. The Balaban J connectivity index is 2.96. The van der Waals surface area contributed by atoms with Gasteiger partial charge in [0.1, 0.15) is 5.75 Å². The van der Waals surface area contributed by atoms with Crippen LogP contribution in [0.5, 0.6) is 5.75 Å². The molecule has 0 fully saturated rings. The Morgan fingerprint density at radius 2 is 2.06 bits per heavy atom. The van der Waals surface area contributed by atoms with Crippen LogP contribution in [0.2, 0.25) is 0 Å². The molecule has 5 nitrogen and oxygen atoms in total. The normalized spacial score (nSPS) is 10.3. The summed E-state index contributed by atoms with van der Waals surface area (Å²) in [7, 11) is 2.82. The fourth-order valence-electron chi connectivity index (χ4n) is 1.40. The summed E-state index contributed by atoms with van der Waals surface area (Å²) in [5, 5.41) is 0. The van der Waals surface area contributed by atoms with Gasteiger partial charge in [0.15, 0.2) is 0 Å². The second-order valence-electron chi connectivity index (χ2n) is 3.52. The first-order valence-electron chi connectivity index (χ1n) is 5.29. The van der Waals surface area contributed by atoms with E-state index in [9.17, 15) is 9.59 Å². The second kappa shape index (κ2) is 6.44. The standard InChI is InChI=1S/C13H15NO4/c1-17-11-8-10(13(16)18-2)7-6-9(11)4-3-5-12(14)15/h3-4,6-8H,5H2,1-2H3,(H2,14,15). The minimum absolute atomic E-state index is 0.155. The molecule has 0 unspecified atom stereocenters. The van der Waals surface area contributed by atoms with E-state index in [4.69, 9.17) is 10.5 Å². The van der Waals surface area contributed by atoms with E-state index in [1.807, 2.05) is 0 Å². The zero-order valence-corrected chi connectivity index (χ0v) is 10.3. The summed E-state index contributed by atoms with van der Waals surface area (Å²) in [6.45, 7) is 0. The third kappa shape index (κ3) is 3.62. The molecule has 0 aromatic heterocycles. The number of hydrogen-bond donors (Lipinski definition) is 1. The smallest absolute Gasteiger partial charge is 0.337 e. The lowest BCUT2D eigenvalue weighted by atomic mass is 10.1. The van der Waals surface area contributed by atoms with E-state index in [0.717, 1.165) is 5.56 Å². The Bertz CT molecular complexity index is 480. The van der Waals surface area contributed by atoms with E-state index in [-0.39, 0.29) is 6.42 Å². The first-order valence-corrected chi connectivity index (χ1v) is 5.29. The first-order chi connectivity index (χ1) is 8.58. The molecule has 0 aliphatic heterocycles. The molecule has 0 saturated heterocycles. The summed E-state index contributed by atoms with van der Waals surface area (Å²) in [4.78, 5) is 21.9. The number of rotatable bonds is 5. The SMILES string of the molecule is COC(=O)c1ccc(C=CCC(N)=O)c(OC)c1. The van der Waals surface area contributed by atoms with Crippen LogP contribution in [0.4, 0.5) is 0 Å². The van der Waals surface area contributed by atoms with Crippen LogP contribution in [-0.4, -0.2) is 26.1 Å². The van der Waals surface area contributed by atoms with Gasteiger partial charge in [-0.15, -0.1) is 0 Å². The third-order valence-corrected chi connectivity index (χ3v) is 2.27. The number of nitrogens with two attached hydrogens (primary N) is 1. The minimum atomic E-state index is -0.430. The Labute approximate surface area is 105 Å². The van der Waals surface area contributed by atoms with Crippen LogP contribution in [0.3, 0.4) is 0 Å². The minimum Gasteiger partial charge on any atom is -0.496 e. The average molecular weight is 249 g/mol. The van der Waals surface area contributed by atoms with Gasteiger partial charge in [0.05, 0.1) is 19.8 Å². The number of carbonyl (C=O) groups is 2. The molecule has 1 amide bonds. The van der Waals surface area contributed by atoms with Crippen molar-refractivity contribution in [2.75, 3.05) is 14.2 Å². The number of amides is 1. The summed E-state index contributed by atoms with van der Waals surface area (Å²) in [6, 6.07) is 4.91. The molecule has 0 spiro atoms. The predicted octanol–water partition coefficient (Wildman–Crippen LogP) is 1.37. The van der Waals surface area contributed by atoms with E-state index in [1.165, 1.54) is 14.2 Å². The van der Waals surface area contributed by atoms with Gasteiger partial charge >= 0.3 is 5.97 Å². The lowest BCUT2D eigenvalue weighted by Crippen LogP contribution is -2.07. The van der Waals surface area contributed by atoms with Gasteiger partial charge in [-0.1, -0.05) is 18.2 Å². The van der Waals surface area contributed by atoms with Crippen molar-refractivity contribution in [1.82, 2.24) is 0 Å². The number of hydrogen-bond acceptors (Lipinski definition) is 4. The highest BCUT2D eigenvalue weighted by molar-refractivity contribution is 5.90. The number of primary amides is 1. The van der Waals surface area contributed by atoms with Crippen molar-refractivity contribution in [3.05, 3.63) is 35.4 Å². The second-order valence-corrected chi connectivity index (χ2v) is 3.52. The van der Waals surface area contributed by atoms with E-state index in [1.54, 1.807) is 30.4 Å². The Kier molecular flexibility index (Phi) is 4.92. The number of benzene rings is 1. The Morgan fingerprint density at radius 3 is 2.61 bits per heavy atom. The van der Waals surface area contributed by atoms with Crippen molar-refractivity contribution in [3.63, 3.8) is 0 Å². The van der Waals surface area contributed by atoms with Gasteiger partial charge in [0, 0.05) is 12.0 Å². The summed E-state index contributed by atoms with van der Waals surface area (Å²) in [6.07, 6.45) is 3.50. The van der Waals surface area contributed by atoms with Crippen molar-refractivity contribution in [2.24, 2.45) is 5.73 Å². The molecule has 0 saturated carbocycles. The van der Waals surface area contributed by atoms with Crippen LogP contribution in [0.1, 0.15) is 22.3 Å². The predicted molar refractivity (Wildman–Crippen MR) is 67.2 cm³/mol. The zero-order valence-electron chi connectivity index (χ0n) is 10.3. The largest absolute Gasteiger partial charge is 0.496 e. The van der Waals surface area contributed by atoms with Crippen LogP contribution in [-0.2, 0) is 9.53 Å². The summed E-state index contributed by atoms with van der Waals surface area (Å²) < 4.78 is 9.78. The molecule has 0 bridgehead atoms. The fourth-order valence-corrected chi connectivity index (χ4v) is 1.40. The molecule has 0 radical (unpaired) electrons. The van der Waals surface area contributed by atoms with Crippen LogP contribution < -0.4 is 10.5 Å². The van der Waals surface area contributed by atoms with Crippen LogP contribution >= 0.6 is 0 Å². The molecule has 1 rings (SSSR count). The monoisotopic (exact) mass is 249 g/mol. The van der Waals surface area contributed by atoms with Gasteiger partial charge in [-0.2, -0.15) is 0 Å². The number of ether oxygens (including phenoxy) is 2. The van der Waals surface area contributed by atoms with Gasteiger partial charge in [-0.3, -0.25) is 4.79 Å². The molecule has 0 aliphatic rings. The summed E-state index contributed by atoms with van der Waals surface area (Å²) in [5.74, 6) is -0.309. The number of esters is 1. The lowest BCUT2D eigenvalue weighted by Gasteiger charge is -2.06. The third-order valence-electron chi connectivity index (χ3n) is 2.27. The first kappa shape index (κ1) is 13.8. The molecule has 1 aromatic carbocycles. The average Bonchev–Trinajstić information content (AvgIpc) is 2.37. The lowest BCUT2D eigenvalue weighted by molar-refractivity contribution is -0.117. The molecule has 0 atom stereocenters. The van der Waals surface area contributed by atoms with Crippen molar-refractivity contribution >= 4 is 18.0 Å². The number of carbonyl (C=O) groups excluding carboxylic acids is 2. The van der Waals surface area contributed by atoms with E-state index < -0.39 is 11.9 Å². The molecule has 96 valence electrons. The zero-order chi connectivity index (χ0) is 13.5. The molecule has 2 N–H and O–H groups in total. The van der Waals surface area contributed by atoms with E-state index >= 15 is 0 Å². The molecule has 0 aliphatic carbocycles. The van der Waals surface area contributed by atoms with E-state index in [0.29, 0.717) is 11.3 Å². The maximum absolute atomic E-state index is 11.3. The van der Waals surface area contributed by atoms with Crippen molar-refractivity contribution < 1.29 is 19.1 Å². The van der Waals surface area contributed by atoms with Crippen molar-refractivity contribution in [3.8, 4) is 5.75 Å². The van der Waals surface area contributed by atoms with Crippen LogP contribution in [0, 0.1) is 0 Å². The molecule has 0 heterocycles. The number of methoxy groups -OCH3 is 2. The highest BCUT2D eigenvalue weighted by Crippen LogP contribution is 2.22. The molecule has 1 aromatic rings. The van der Waals surface area contributed by atoms with Gasteiger partial charge in [-0.25, -0.2) is 4.79 Å².